The smallest absolute Gasteiger partial charge is 0.303 e. The van der Waals surface area contributed by atoms with Crippen molar-refractivity contribution in [1.82, 2.24) is 4.98 Å². The first-order chi connectivity index (χ1) is 13.5. The number of anilines is 1. The van der Waals surface area contributed by atoms with Crippen LogP contribution in [0.5, 0.6) is 5.88 Å². The van der Waals surface area contributed by atoms with Crippen LogP contribution >= 0.6 is 11.3 Å². The topological polar surface area (TPSA) is 62.7 Å². The fraction of sp³-hybridized carbons (Fsp3) is 0.300. The quantitative estimate of drug-likeness (QED) is 0.762. The molecule has 1 fully saturated rings. The summed E-state index contributed by atoms with van der Waals surface area (Å²) in [5, 5.41) is 11.1. The van der Waals surface area contributed by atoms with E-state index in [0.717, 1.165) is 0 Å². The molecular formula is C20H18F2N2O3S. The molecule has 2 heterocycles. The number of carboxylic acid groups (broad SMARTS) is 1. The number of aromatic nitrogens is 1. The molecule has 2 aromatic rings. The highest BCUT2D eigenvalue weighted by atomic mass is 32.1. The third-order valence-corrected chi connectivity index (χ3v) is 5.75. The zero-order valence-electron chi connectivity index (χ0n) is 14.9. The molecule has 0 bridgehead atoms. The summed E-state index contributed by atoms with van der Waals surface area (Å²) in [6, 6.07) is 2.57. The third-order valence-electron chi connectivity index (χ3n) is 4.88. The van der Waals surface area contributed by atoms with Crippen LogP contribution in [0.1, 0.15) is 19.3 Å². The monoisotopic (exact) mass is 404 g/mol. The average molecular weight is 404 g/mol. The highest BCUT2D eigenvalue weighted by molar-refractivity contribution is 7.13. The molecule has 0 spiro atoms. The molecule has 1 aliphatic heterocycles. The highest BCUT2D eigenvalue weighted by Gasteiger charge is 2.26. The Morgan fingerprint density at radius 3 is 2.54 bits per heavy atom. The molecule has 1 aromatic carbocycles. The second kappa shape index (κ2) is 7.71. The van der Waals surface area contributed by atoms with Crippen molar-refractivity contribution in [3.05, 3.63) is 53.1 Å². The molecule has 8 heteroatoms. The number of ether oxygens (including phenoxy) is 1. The van der Waals surface area contributed by atoms with Crippen LogP contribution in [0.2, 0.25) is 0 Å². The highest BCUT2D eigenvalue weighted by Crippen LogP contribution is 2.35. The molecule has 28 heavy (non-hydrogen) atoms. The lowest BCUT2D eigenvalue weighted by atomic mass is 9.93. The van der Waals surface area contributed by atoms with E-state index in [0.29, 0.717) is 48.1 Å². The van der Waals surface area contributed by atoms with Crippen LogP contribution in [0.4, 0.5) is 14.5 Å². The van der Waals surface area contributed by atoms with E-state index in [1.54, 1.807) is 22.4 Å². The van der Waals surface area contributed by atoms with Crippen molar-refractivity contribution in [2.45, 2.75) is 19.3 Å². The van der Waals surface area contributed by atoms with Crippen molar-refractivity contribution < 1.29 is 23.4 Å². The molecule has 1 saturated heterocycles. The Hall–Kier alpha value is -2.74. The molecule has 5 nitrogen and oxygen atoms in total. The first-order valence-electron chi connectivity index (χ1n) is 8.97. The standard InChI is InChI=1S/C20H18F2N2O3S/c21-15-9-13(20-23-17(11-28-20)27-14-2-1-3-14)10-16(22)19(15)24-6-4-12(5-7-24)8-18(25)26/h1-3,9-12H,4-8H2,(H,25,26). The van der Waals surface area contributed by atoms with Gasteiger partial charge in [0.15, 0.2) is 0 Å². The van der Waals surface area contributed by atoms with Crippen molar-refractivity contribution in [3.63, 3.8) is 0 Å². The Bertz CT molecular complexity index is 939. The molecular weight excluding hydrogens is 386 g/mol. The van der Waals surface area contributed by atoms with Gasteiger partial charge < -0.3 is 14.7 Å². The van der Waals surface area contributed by atoms with Gasteiger partial charge in [-0.1, -0.05) is 6.08 Å². The van der Waals surface area contributed by atoms with Crippen LogP contribution in [0.3, 0.4) is 0 Å². The molecule has 1 aromatic heterocycles. The van der Waals surface area contributed by atoms with Crippen LogP contribution in [0, 0.1) is 17.6 Å². The molecule has 0 saturated carbocycles. The number of hydrogen-bond acceptors (Lipinski definition) is 5. The fourth-order valence-corrected chi connectivity index (χ4v) is 4.11. The van der Waals surface area contributed by atoms with E-state index in [-0.39, 0.29) is 18.0 Å². The normalized spacial score (nSPS) is 16.6. The van der Waals surface area contributed by atoms with E-state index in [4.69, 9.17) is 9.84 Å². The number of benzene rings is 1. The molecule has 0 amide bonds. The molecule has 146 valence electrons. The summed E-state index contributed by atoms with van der Waals surface area (Å²) in [6.07, 6.45) is 6.74. The fourth-order valence-electron chi connectivity index (χ4n) is 3.40. The van der Waals surface area contributed by atoms with E-state index < -0.39 is 17.6 Å². The van der Waals surface area contributed by atoms with Gasteiger partial charge in [-0.2, -0.15) is 0 Å². The van der Waals surface area contributed by atoms with Gasteiger partial charge in [0.2, 0.25) is 5.88 Å². The number of piperidine rings is 1. The van der Waals surface area contributed by atoms with Crippen LogP contribution in [-0.2, 0) is 4.79 Å². The Balaban J connectivity index is 1.49. The summed E-state index contributed by atoms with van der Waals surface area (Å²) in [6.45, 7) is 0.867. The van der Waals surface area contributed by atoms with Gasteiger partial charge in [-0.15, -0.1) is 11.3 Å². The third kappa shape index (κ3) is 3.91. The maximum absolute atomic E-state index is 14.7. The van der Waals surface area contributed by atoms with Gasteiger partial charge >= 0.3 is 5.97 Å². The summed E-state index contributed by atoms with van der Waals surface area (Å²) >= 11 is 1.25. The van der Waals surface area contributed by atoms with Gasteiger partial charge in [0, 0.05) is 25.1 Å². The minimum atomic E-state index is -0.836. The molecule has 0 atom stereocenters. The lowest BCUT2D eigenvalue weighted by Gasteiger charge is -2.33. The van der Waals surface area contributed by atoms with Crippen molar-refractivity contribution in [3.8, 4) is 16.5 Å². The van der Waals surface area contributed by atoms with Gasteiger partial charge in [0.25, 0.3) is 0 Å². The minimum Gasteiger partial charge on any atom is -0.481 e. The lowest BCUT2D eigenvalue weighted by molar-refractivity contribution is -0.138. The van der Waals surface area contributed by atoms with Gasteiger partial charge in [-0.25, -0.2) is 13.8 Å². The second-order valence-corrected chi connectivity index (χ2v) is 7.70. The van der Waals surface area contributed by atoms with E-state index in [1.807, 2.05) is 6.08 Å². The Kier molecular flexibility index (Phi) is 5.13. The van der Waals surface area contributed by atoms with Crippen molar-refractivity contribution in [2.24, 2.45) is 5.92 Å². The van der Waals surface area contributed by atoms with Crippen molar-refractivity contribution in [1.29, 1.82) is 0 Å². The lowest BCUT2D eigenvalue weighted by Crippen LogP contribution is -2.35. The average Bonchev–Trinajstić information content (AvgIpc) is 3.07. The first kappa shape index (κ1) is 18.6. The largest absolute Gasteiger partial charge is 0.481 e. The van der Waals surface area contributed by atoms with E-state index in [9.17, 15) is 13.6 Å². The number of halogens is 2. The molecule has 0 radical (unpaired) electrons. The molecule has 1 N–H and O–H groups in total. The predicted octanol–water partition coefficient (Wildman–Crippen LogP) is 4.61. The Morgan fingerprint density at radius 2 is 1.96 bits per heavy atom. The second-order valence-electron chi connectivity index (χ2n) is 6.84. The molecule has 4 rings (SSSR count). The van der Waals surface area contributed by atoms with Crippen LogP contribution in [0.15, 0.2) is 41.5 Å². The number of nitrogens with zero attached hydrogens (tertiary/aromatic N) is 2. The van der Waals surface area contributed by atoms with Crippen LogP contribution in [0.25, 0.3) is 10.6 Å². The van der Waals surface area contributed by atoms with Crippen LogP contribution in [-0.4, -0.2) is 29.1 Å². The van der Waals surface area contributed by atoms with Gasteiger partial charge in [-0.05, 0) is 43.0 Å². The predicted molar refractivity (Wildman–Crippen MR) is 103 cm³/mol. The SMILES string of the molecule is O=C(O)CC1CCN(c2c(F)cc(-c3nc(OC4=CC=C4)cs3)cc2F)CC1. The number of thiazole rings is 1. The van der Waals surface area contributed by atoms with Crippen molar-refractivity contribution in [2.75, 3.05) is 18.0 Å². The van der Waals surface area contributed by atoms with Gasteiger partial charge in [0.1, 0.15) is 28.1 Å². The number of hydrogen-bond donors (Lipinski definition) is 1. The number of carboxylic acids is 1. The van der Waals surface area contributed by atoms with Crippen molar-refractivity contribution >= 4 is 23.0 Å². The van der Waals surface area contributed by atoms with E-state index in [2.05, 4.69) is 4.98 Å². The maximum Gasteiger partial charge on any atom is 0.303 e. The number of allylic oxidation sites excluding steroid dienone is 3. The summed E-state index contributed by atoms with van der Waals surface area (Å²) in [4.78, 5) is 16.8. The molecule has 2 aliphatic rings. The number of aliphatic carboxylic acids is 1. The summed E-state index contributed by atoms with van der Waals surface area (Å²) < 4.78 is 34.9. The minimum absolute atomic E-state index is 0.0495. The number of rotatable bonds is 6. The zero-order valence-corrected chi connectivity index (χ0v) is 15.7. The first-order valence-corrected chi connectivity index (χ1v) is 9.85. The summed E-state index contributed by atoms with van der Waals surface area (Å²) in [5.41, 5.74) is 0.299. The molecule has 1 aliphatic carbocycles. The maximum atomic E-state index is 14.7. The Morgan fingerprint density at radius 1 is 1.29 bits per heavy atom. The summed E-state index contributed by atoms with van der Waals surface area (Å²) in [5.74, 6) is -0.995. The Labute approximate surface area is 164 Å². The van der Waals surface area contributed by atoms with E-state index in [1.165, 1.54) is 23.5 Å². The molecule has 0 unspecified atom stereocenters. The van der Waals surface area contributed by atoms with E-state index >= 15 is 0 Å². The zero-order chi connectivity index (χ0) is 19.7. The number of carbonyl (C=O) groups is 1. The van der Waals surface area contributed by atoms with Crippen LogP contribution < -0.4 is 9.64 Å². The van der Waals surface area contributed by atoms with Gasteiger partial charge in [0.05, 0.1) is 5.38 Å². The summed E-state index contributed by atoms with van der Waals surface area (Å²) in [7, 11) is 0. The van der Waals surface area contributed by atoms with Gasteiger partial charge in [-0.3, -0.25) is 4.79 Å².